The highest BCUT2D eigenvalue weighted by atomic mass is 32.2. The molecule has 7 heteroatoms. The first-order valence-corrected chi connectivity index (χ1v) is 10.6. The second kappa shape index (κ2) is 6.87. The van der Waals surface area contributed by atoms with Gasteiger partial charge in [-0.1, -0.05) is 51.1 Å². The van der Waals surface area contributed by atoms with Crippen LogP contribution in [0.3, 0.4) is 0 Å². The maximum absolute atomic E-state index is 12.5. The van der Waals surface area contributed by atoms with Gasteiger partial charge in [-0.15, -0.1) is 0 Å². The van der Waals surface area contributed by atoms with Crippen LogP contribution in [0, 0.1) is 0 Å². The summed E-state index contributed by atoms with van der Waals surface area (Å²) in [4.78, 5) is 12.5. The molecule has 2 heterocycles. The summed E-state index contributed by atoms with van der Waals surface area (Å²) < 4.78 is 25.4. The highest BCUT2D eigenvalue weighted by molar-refractivity contribution is 7.91. The summed E-state index contributed by atoms with van der Waals surface area (Å²) >= 11 is 0. The van der Waals surface area contributed by atoms with E-state index in [-0.39, 0.29) is 35.3 Å². The van der Waals surface area contributed by atoms with Gasteiger partial charge in [0.2, 0.25) is 5.91 Å². The Bertz CT molecular complexity index is 896. The van der Waals surface area contributed by atoms with Crippen molar-refractivity contribution in [3.05, 3.63) is 47.7 Å². The maximum Gasteiger partial charge on any atom is 0.229 e. The predicted octanol–water partition coefficient (Wildman–Crippen LogP) is 2.72. The molecular formula is C19H25N3O3S. The van der Waals surface area contributed by atoms with E-state index in [1.54, 1.807) is 4.68 Å². The van der Waals surface area contributed by atoms with E-state index in [9.17, 15) is 13.2 Å². The number of anilines is 1. The van der Waals surface area contributed by atoms with E-state index in [4.69, 9.17) is 0 Å². The van der Waals surface area contributed by atoms with Gasteiger partial charge in [0.05, 0.1) is 29.7 Å². The van der Waals surface area contributed by atoms with Crippen molar-refractivity contribution in [2.75, 3.05) is 16.8 Å². The van der Waals surface area contributed by atoms with Crippen molar-refractivity contribution in [1.82, 2.24) is 9.78 Å². The zero-order valence-electron chi connectivity index (χ0n) is 15.4. The molecule has 140 valence electrons. The molecule has 1 fully saturated rings. The summed E-state index contributed by atoms with van der Waals surface area (Å²) in [6.45, 7) is 6.13. The fraction of sp³-hybridized carbons (Fsp3) is 0.474. The molecule has 1 aliphatic heterocycles. The summed E-state index contributed by atoms with van der Waals surface area (Å²) in [5.41, 5.74) is 1.56. The van der Waals surface area contributed by atoms with Gasteiger partial charge >= 0.3 is 0 Å². The molecule has 0 spiro atoms. The van der Waals surface area contributed by atoms with Crippen LogP contribution >= 0.6 is 0 Å². The summed E-state index contributed by atoms with van der Waals surface area (Å²) in [6, 6.07) is 11.1. The molecule has 0 radical (unpaired) electrons. The lowest BCUT2D eigenvalue weighted by Gasteiger charge is -2.15. The fourth-order valence-electron chi connectivity index (χ4n) is 3.07. The molecule has 1 N–H and O–H groups in total. The third-order valence-electron chi connectivity index (χ3n) is 4.53. The van der Waals surface area contributed by atoms with E-state index in [2.05, 4.69) is 10.4 Å². The highest BCUT2D eigenvalue weighted by Crippen LogP contribution is 2.30. The number of aromatic nitrogens is 2. The monoisotopic (exact) mass is 375 g/mol. The van der Waals surface area contributed by atoms with E-state index < -0.39 is 9.84 Å². The lowest BCUT2D eigenvalue weighted by Crippen LogP contribution is -2.21. The SMILES string of the molecule is CC(C)(C)c1cc(NC(=O)Cc2ccccc2)n([C@@H]2CCS(=O)(=O)C2)n1. The van der Waals surface area contributed by atoms with Crippen LogP contribution in [0.4, 0.5) is 5.82 Å². The van der Waals surface area contributed by atoms with E-state index in [1.165, 1.54) is 0 Å². The van der Waals surface area contributed by atoms with Crippen molar-refractivity contribution in [3.8, 4) is 0 Å². The van der Waals surface area contributed by atoms with Gasteiger partial charge in [0.15, 0.2) is 9.84 Å². The number of amides is 1. The average molecular weight is 375 g/mol. The Hall–Kier alpha value is -2.15. The van der Waals surface area contributed by atoms with E-state index in [1.807, 2.05) is 57.2 Å². The molecule has 6 nitrogen and oxygen atoms in total. The largest absolute Gasteiger partial charge is 0.311 e. The van der Waals surface area contributed by atoms with E-state index >= 15 is 0 Å². The van der Waals surface area contributed by atoms with Gasteiger partial charge in [0.1, 0.15) is 5.82 Å². The number of nitrogens with one attached hydrogen (secondary N) is 1. The van der Waals surface area contributed by atoms with Crippen molar-refractivity contribution in [2.24, 2.45) is 0 Å². The van der Waals surface area contributed by atoms with Gasteiger partial charge < -0.3 is 5.32 Å². The molecule has 0 bridgehead atoms. The lowest BCUT2D eigenvalue weighted by atomic mass is 9.92. The van der Waals surface area contributed by atoms with Gasteiger partial charge in [-0.25, -0.2) is 13.1 Å². The normalized spacial score (nSPS) is 19.4. The van der Waals surface area contributed by atoms with Crippen molar-refractivity contribution in [2.45, 2.75) is 45.1 Å². The molecule has 1 aromatic heterocycles. The number of carbonyl (C=O) groups is 1. The Morgan fingerprint density at radius 2 is 1.96 bits per heavy atom. The van der Waals surface area contributed by atoms with Crippen molar-refractivity contribution >= 4 is 21.6 Å². The summed E-state index contributed by atoms with van der Waals surface area (Å²) in [7, 11) is -3.04. The Kier molecular flexibility index (Phi) is 4.92. The van der Waals surface area contributed by atoms with Crippen LogP contribution in [0.15, 0.2) is 36.4 Å². The Labute approximate surface area is 154 Å². The highest BCUT2D eigenvalue weighted by Gasteiger charge is 2.32. The molecule has 26 heavy (non-hydrogen) atoms. The average Bonchev–Trinajstić information content (AvgIpc) is 3.11. The fourth-order valence-corrected chi connectivity index (χ4v) is 4.76. The summed E-state index contributed by atoms with van der Waals surface area (Å²) in [6.07, 6.45) is 0.787. The number of rotatable bonds is 4. The topological polar surface area (TPSA) is 81.1 Å². The lowest BCUT2D eigenvalue weighted by molar-refractivity contribution is -0.115. The minimum Gasteiger partial charge on any atom is -0.311 e. The van der Waals surface area contributed by atoms with Crippen LogP contribution < -0.4 is 5.32 Å². The van der Waals surface area contributed by atoms with Crippen molar-refractivity contribution in [1.29, 1.82) is 0 Å². The molecule has 2 aromatic rings. The molecule has 1 saturated heterocycles. The first-order valence-electron chi connectivity index (χ1n) is 8.78. The third-order valence-corrected chi connectivity index (χ3v) is 6.28. The summed E-state index contributed by atoms with van der Waals surface area (Å²) in [5.74, 6) is 0.663. The number of nitrogens with zero attached hydrogens (tertiary/aromatic N) is 2. The van der Waals surface area contributed by atoms with Gasteiger partial charge in [-0.2, -0.15) is 5.10 Å². The van der Waals surface area contributed by atoms with Crippen LogP contribution in [-0.4, -0.2) is 35.6 Å². The third kappa shape index (κ3) is 4.33. The standard InChI is InChI=1S/C19H25N3O3S/c1-19(2,3)16-12-17(20-18(23)11-14-7-5-4-6-8-14)22(21-16)15-9-10-26(24,25)13-15/h4-8,12,15H,9-11,13H2,1-3H3,(H,20,23)/t15-/m1/s1. The molecule has 3 rings (SSSR count). The zero-order valence-corrected chi connectivity index (χ0v) is 16.2. The second-order valence-corrected chi connectivity index (χ2v) is 10.1. The van der Waals surface area contributed by atoms with Gasteiger partial charge in [0.25, 0.3) is 0 Å². The smallest absolute Gasteiger partial charge is 0.229 e. The molecule has 0 saturated carbocycles. The number of benzene rings is 1. The zero-order chi connectivity index (χ0) is 18.9. The molecule has 1 aromatic carbocycles. The molecule has 1 aliphatic rings. The Balaban J connectivity index is 1.85. The Morgan fingerprint density at radius 3 is 2.54 bits per heavy atom. The molecule has 0 unspecified atom stereocenters. The predicted molar refractivity (Wildman–Crippen MR) is 102 cm³/mol. The van der Waals surface area contributed by atoms with Crippen LogP contribution in [0.1, 0.15) is 44.5 Å². The van der Waals surface area contributed by atoms with Crippen molar-refractivity contribution in [3.63, 3.8) is 0 Å². The van der Waals surface area contributed by atoms with E-state index in [0.717, 1.165) is 11.3 Å². The van der Waals surface area contributed by atoms with Crippen LogP contribution in [0.5, 0.6) is 0 Å². The minimum atomic E-state index is -3.04. The van der Waals surface area contributed by atoms with Gasteiger partial charge in [0, 0.05) is 11.5 Å². The first-order chi connectivity index (χ1) is 12.1. The number of hydrogen-bond donors (Lipinski definition) is 1. The van der Waals surface area contributed by atoms with Gasteiger partial charge in [-0.3, -0.25) is 4.79 Å². The second-order valence-electron chi connectivity index (χ2n) is 7.88. The maximum atomic E-state index is 12.5. The summed E-state index contributed by atoms with van der Waals surface area (Å²) in [5, 5.41) is 7.55. The molecule has 1 atom stereocenters. The quantitative estimate of drug-likeness (QED) is 0.891. The van der Waals surface area contributed by atoms with Crippen LogP contribution in [-0.2, 0) is 26.5 Å². The number of carbonyl (C=O) groups excluding carboxylic acids is 1. The molecule has 1 amide bonds. The minimum absolute atomic E-state index is 0.0693. The van der Waals surface area contributed by atoms with Crippen LogP contribution in [0.2, 0.25) is 0 Å². The van der Waals surface area contributed by atoms with E-state index in [0.29, 0.717) is 12.2 Å². The number of sulfone groups is 1. The number of hydrogen-bond acceptors (Lipinski definition) is 4. The molecule has 0 aliphatic carbocycles. The Morgan fingerprint density at radius 1 is 1.27 bits per heavy atom. The van der Waals surface area contributed by atoms with Crippen molar-refractivity contribution < 1.29 is 13.2 Å². The van der Waals surface area contributed by atoms with Gasteiger partial charge in [-0.05, 0) is 12.0 Å². The molecular weight excluding hydrogens is 350 g/mol. The van der Waals surface area contributed by atoms with Crippen LogP contribution in [0.25, 0.3) is 0 Å². The first kappa shape index (κ1) is 18.6.